The average Bonchev–Trinajstić information content (AvgIpc) is 2.06. The Morgan fingerprint density at radius 2 is 1.91 bits per heavy atom. The molecule has 0 aromatic heterocycles. The van der Waals surface area contributed by atoms with Gasteiger partial charge in [-0.25, -0.2) is 0 Å². The van der Waals surface area contributed by atoms with E-state index in [4.69, 9.17) is 21.0 Å². The van der Waals surface area contributed by atoms with Crippen LogP contribution >= 0.6 is 0 Å². The third-order valence-electron chi connectivity index (χ3n) is 1.39. The summed E-state index contributed by atoms with van der Waals surface area (Å²) in [6.07, 6.45) is 5.11. The maximum Gasteiger partial charge on any atom is 0.156 e. The van der Waals surface area contributed by atoms with Gasteiger partial charge in [0.2, 0.25) is 0 Å². The molecule has 0 heterocycles. The number of aliphatic hydroxyl groups excluding tert-OH is 1. The highest BCUT2D eigenvalue weighted by atomic mass is 16.7. The van der Waals surface area contributed by atoms with E-state index in [2.05, 4.69) is 5.92 Å². The number of terminal acetylenes is 1. The van der Waals surface area contributed by atoms with Crippen molar-refractivity contribution in [3.8, 4) is 12.3 Å². The van der Waals surface area contributed by atoms with Gasteiger partial charge < -0.3 is 14.6 Å². The number of aliphatic hydroxyl groups is 1. The van der Waals surface area contributed by atoms with Crippen molar-refractivity contribution in [3.05, 3.63) is 0 Å². The zero-order chi connectivity index (χ0) is 8.69. The molecule has 3 heteroatoms. The lowest BCUT2D eigenvalue weighted by Crippen LogP contribution is -2.15. The first-order chi connectivity index (χ1) is 5.24. The van der Waals surface area contributed by atoms with Gasteiger partial charge in [0.25, 0.3) is 0 Å². The Morgan fingerprint density at radius 3 is 2.27 bits per heavy atom. The minimum atomic E-state index is -0.692. The first kappa shape index (κ1) is 10.4. The quantitative estimate of drug-likeness (QED) is 0.464. The van der Waals surface area contributed by atoms with Crippen LogP contribution in [0.25, 0.3) is 0 Å². The standard InChI is InChI=1S/C8H14O3/c1-4-7(9)5-6-8(10-2)11-3/h1,7-9H,5-6H2,2-3H3. The van der Waals surface area contributed by atoms with Crippen LogP contribution in [0.3, 0.4) is 0 Å². The summed E-state index contributed by atoms with van der Waals surface area (Å²) in [5.74, 6) is 2.21. The van der Waals surface area contributed by atoms with Crippen LogP contribution in [0.2, 0.25) is 0 Å². The highest BCUT2D eigenvalue weighted by Crippen LogP contribution is 2.04. The summed E-state index contributed by atoms with van der Waals surface area (Å²) in [5.41, 5.74) is 0. The Balaban J connectivity index is 3.44. The molecule has 1 N–H and O–H groups in total. The van der Waals surface area contributed by atoms with Crippen molar-refractivity contribution in [2.75, 3.05) is 14.2 Å². The third-order valence-corrected chi connectivity index (χ3v) is 1.39. The number of hydrogen-bond acceptors (Lipinski definition) is 3. The van der Waals surface area contributed by atoms with Crippen LogP contribution in [-0.2, 0) is 9.47 Å². The number of hydrogen-bond donors (Lipinski definition) is 1. The number of ether oxygens (including phenoxy) is 2. The van der Waals surface area contributed by atoms with Crippen molar-refractivity contribution in [2.45, 2.75) is 25.2 Å². The SMILES string of the molecule is C#CC(O)CCC(OC)OC. The highest BCUT2D eigenvalue weighted by molar-refractivity contribution is 4.92. The molecule has 0 amide bonds. The van der Waals surface area contributed by atoms with Crippen molar-refractivity contribution in [3.63, 3.8) is 0 Å². The molecule has 1 atom stereocenters. The van der Waals surface area contributed by atoms with E-state index in [-0.39, 0.29) is 6.29 Å². The Hall–Kier alpha value is -0.560. The van der Waals surface area contributed by atoms with E-state index in [9.17, 15) is 0 Å². The van der Waals surface area contributed by atoms with Crippen LogP contribution in [0.5, 0.6) is 0 Å². The smallest absolute Gasteiger partial charge is 0.156 e. The maximum atomic E-state index is 8.95. The largest absolute Gasteiger partial charge is 0.380 e. The molecule has 0 aromatic carbocycles. The lowest BCUT2D eigenvalue weighted by Gasteiger charge is -2.13. The second-order valence-corrected chi connectivity index (χ2v) is 2.16. The van der Waals surface area contributed by atoms with Crippen LogP contribution in [0.15, 0.2) is 0 Å². The summed E-state index contributed by atoms with van der Waals surface area (Å²) in [7, 11) is 3.10. The molecule has 0 aromatic rings. The Kier molecular flexibility index (Phi) is 5.86. The molecule has 0 aliphatic rings. The zero-order valence-corrected chi connectivity index (χ0v) is 6.91. The fourth-order valence-electron chi connectivity index (χ4n) is 0.709. The first-order valence-corrected chi connectivity index (χ1v) is 3.44. The maximum absolute atomic E-state index is 8.95. The van der Waals surface area contributed by atoms with Crippen LogP contribution in [-0.4, -0.2) is 31.7 Å². The summed E-state index contributed by atoms with van der Waals surface area (Å²) in [5, 5.41) is 8.95. The van der Waals surface area contributed by atoms with Crippen LogP contribution in [0, 0.1) is 12.3 Å². The molecule has 0 spiro atoms. The van der Waals surface area contributed by atoms with E-state index in [0.717, 1.165) is 0 Å². The highest BCUT2D eigenvalue weighted by Gasteiger charge is 2.07. The molecule has 3 nitrogen and oxygen atoms in total. The van der Waals surface area contributed by atoms with E-state index in [1.54, 1.807) is 14.2 Å². The van der Waals surface area contributed by atoms with Gasteiger partial charge in [0, 0.05) is 20.6 Å². The topological polar surface area (TPSA) is 38.7 Å². The number of methoxy groups -OCH3 is 2. The van der Waals surface area contributed by atoms with Crippen molar-refractivity contribution in [2.24, 2.45) is 0 Å². The van der Waals surface area contributed by atoms with Crippen molar-refractivity contribution < 1.29 is 14.6 Å². The van der Waals surface area contributed by atoms with Gasteiger partial charge in [-0.15, -0.1) is 6.42 Å². The predicted octanol–water partition coefficient (Wildman–Crippen LogP) is 0.380. The minimum absolute atomic E-state index is 0.266. The van der Waals surface area contributed by atoms with Crippen molar-refractivity contribution in [1.29, 1.82) is 0 Å². The third kappa shape index (κ3) is 4.79. The summed E-state index contributed by atoms with van der Waals surface area (Å²) in [6.45, 7) is 0. The Labute approximate surface area is 67.3 Å². The van der Waals surface area contributed by atoms with Gasteiger partial charge in [0.1, 0.15) is 6.10 Å². The van der Waals surface area contributed by atoms with Gasteiger partial charge in [-0.1, -0.05) is 5.92 Å². The van der Waals surface area contributed by atoms with Crippen molar-refractivity contribution >= 4 is 0 Å². The molecule has 0 fully saturated rings. The van der Waals surface area contributed by atoms with Crippen molar-refractivity contribution in [1.82, 2.24) is 0 Å². The molecule has 0 bridgehead atoms. The molecule has 0 saturated carbocycles. The summed E-state index contributed by atoms with van der Waals surface area (Å²) in [4.78, 5) is 0. The fraction of sp³-hybridized carbons (Fsp3) is 0.750. The van der Waals surface area contributed by atoms with Gasteiger partial charge in [-0.2, -0.15) is 0 Å². The van der Waals surface area contributed by atoms with E-state index in [0.29, 0.717) is 12.8 Å². The first-order valence-electron chi connectivity index (χ1n) is 3.44. The molecule has 11 heavy (non-hydrogen) atoms. The van der Waals surface area contributed by atoms with E-state index in [1.165, 1.54) is 0 Å². The second kappa shape index (κ2) is 6.17. The molecule has 0 rings (SSSR count). The normalized spacial score (nSPS) is 13.0. The second-order valence-electron chi connectivity index (χ2n) is 2.16. The van der Waals surface area contributed by atoms with E-state index >= 15 is 0 Å². The molecular formula is C8H14O3. The molecule has 1 unspecified atom stereocenters. The lowest BCUT2D eigenvalue weighted by atomic mass is 10.2. The van der Waals surface area contributed by atoms with Gasteiger partial charge in [-0.3, -0.25) is 0 Å². The lowest BCUT2D eigenvalue weighted by molar-refractivity contribution is -0.109. The monoisotopic (exact) mass is 158 g/mol. The predicted molar refractivity (Wildman–Crippen MR) is 41.9 cm³/mol. The summed E-state index contributed by atoms with van der Waals surface area (Å²) < 4.78 is 9.78. The molecule has 0 radical (unpaired) electrons. The van der Waals surface area contributed by atoms with E-state index < -0.39 is 6.10 Å². The van der Waals surface area contributed by atoms with Crippen LogP contribution in [0.4, 0.5) is 0 Å². The molecular weight excluding hydrogens is 144 g/mol. The molecule has 0 aliphatic carbocycles. The summed E-state index contributed by atoms with van der Waals surface area (Å²) in [6, 6.07) is 0. The zero-order valence-electron chi connectivity index (χ0n) is 6.91. The summed E-state index contributed by atoms with van der Waals surface area (Å²) >= 11 is 0. The Morgan fingerprint density at radius 1 is 1.36 bits per heavy atom. The van der Waals surface area contributed by atoms with Crippen LogP contribution < -0.4 is 0 Å². The van der Waals surface area contributed by atoms with Gasteiger partial charge in [-0.05, 0) is 6.42 Å². The Bertz CT molecular complexity index is 124. The minimum Gasteiger partial charge on any atom is -0.380 e. The molecule has 0 saturated heterocycles. The molecule has 64 valence electrons. The molecule has 0 aliphatic heterocycles. The van der Waals surface area contributed by atoms with E-state index in [1.807, 2.05) is 0 Å². The number of rotatable bonds is 5. The van der Waals surface area contributed by atoms with Crippen LogP contribution in [0.1, 0.15) is 12.8 Å². The van der Waals surface area contributed by atoms with Gasteiger partial charge in [0.15, 0.2) is 6.29 Å². The fourth-order valence-corrected chi connectivity index (χ4v) is 0.709. The average molecular weight is 158 g/mol. The van der Waals surface area contributed by atoms with Gasteiger partial charge in [0.05, 0.1) is 0 Å². The van der Waals surface area contributed by atoms with Gasteiger partial charge >= 0.3 is 0 Å².